The van der Waals surface area contributed by atoms with Crippen LogP contribution in [0.25, 0.3) is 0 Å². The highest BCUT2D eigenvalue weighted by Gasteiger charge is 2.63. The van der Waals surface area contributed by atoms with Gasteiger partial charge in [-0.3, -0.25) is 0 Å². The molecule has 0 aromatic rings. The smallest absolute Gasteiger partial charge is 0.341 e. The van der Waals surface area contributed by atoms with Gasteiger partial charge in [0.05, 0.1) is 5.88 Å². The molecule has 6 nitrogen and oxygen atoms in total. The van der Waals surface area contributed by atoms with E-state index in [2.05, 4.69) is 0 Å². The van der Waals surface area contributed by atoms with Gasteiger partial charge in [0.25, 0.3) is 5.79 Å². The summed E-state index contributed by atoms with van der Waals surface area (Å²) in [7, 11) is 2.79. The Bertz CT molecular complexity index is 409. The topological polar surface area (TPSA) is 74.2 Å². The van der Waals surface area contributed by atoms with Gasteiger partial charge in [-0.05, 0) is 12.3 Å². The molecule has 0 unspecified atom stereocenters. The summed E-state index contributed by atoms with van der Waals surface area (Å²) in [6, 6.07) is 0. The second-order valence-electron chi connectivity index (χ2n) is 6.53. The lowest BCUT2D eigenvalue weighted by atomic mass is 9.73. The largest absolute Gasteiger partial charge is 0.425 e. The number of cyclic esters (lactones) is 1. The summed E-state index contributed by atoms with van der Waals surface area (Å²) in [4.78, 5) is 12.3. The number of hydrogen-bond donors (Lipinski definition) is 1. The number of halogens is 1. The van der Waals surface area contributed by atoms with Gasteiger partial charge in [-0.2, -0.15) is 0 Å². The normalized spacial score (nSPS) is 37.0. The number of aliphatic hydroxyl groups is 1. The molecule has 0 bridgehead atoms. The lowest BCUT2D eigenvalue weighted by molar-refractivity contribution is -0.418. The Balaban J connectivity index is 3.27. The first-order valence-electron chi connectivity index (χ1n) is 6.70. The van der Waals surface area contributed by atoms with Crippen LogP contribution in [0.15, 0.2) is 0 Å². The van der Waals surface area contributed by atoms with Gasteiger partial charge in [0, 0.05) is 21.1 Å². The fraction of sp³-hybridized carbons (Fsp3) is 0.929. The molecule has 1 fully saturated rings. The molecule has 0 aromatic carbocycles. The van der Waals surface area contributed by atoms with E-state index < -0.39 is 34.7 Å². The molecule has 1 saturated heterocycles. The Morgan fingerprint density at radius 3 is 2.05 bits per heavy atom. The van der Waals surface area contributed by atoms with Crippen LogP contribution in [0.1, 0.15) is 34.6 Å². The molecule has 1 rings (SSSR count). The first-order chi connectivity index (χ1) is 9.40. The van der Waals surface area contributed by atoms with Crippen molar-refractivity contribution >= 4 is 17.6 Å². The zero-order chi connectivity index (χ0) is 16.7. The lowest BCUT2D eigenvalue weighted by Crippen LogP contribution is -2.70. The fourth-order valence-corrected chi connectivity index (χ4v) is 2.68. The maximum Gasteiger partial charge on any atom is 0.341 e. The van der Waals surface area contributed by atoms with Crippen molar-refractivity contribution in [2.45, 2.75) is 57.9 Å². The molecule has 0 radical (unpaired) electrons. The Labute approximate surface area is 130 Å². The van der Waals surface area contributed by atoms with Gasteiger partial charge in [-0.1, -0.05) is 20.8 Å². The third-order valence-electron chi connectivity index (χ3n) is 4.39. The van der Waals surface area contributed by atoms with Gasteiger partial charge < -0.3 is 24.1 Å². The number of rotatable bonds is 4. The van der Waals surface area contributed by atoms with Crippen LogP contribution in [0.3, 0.4) is 0 Å². The van der Waals surface area contributed by atoms with Gasteiger partial charge in [0.1, 0.15) is 5.60 Å². The first-order valence-corrected chi connectivity index (χ1v) is 7.23. The molecule has 4 atom stereocenters. The minimum atomic E-state index is -1.62. The van der Waals surface area contributed by atoms with Crippen molar-refractivity contribution in [3.05, 3.63) is 0 Å². The standard InChI is InChI=1S/C14H25ClO6/c1-11(2,3)14(17,8-15)9-10(16)21-13(5,19-7)12(4,18-6)20-9/h9,17H,8H2,1-7H3/t9-,12-,13-,14-/m0/s1. The molecule has 0 aromatic heterocycles. The second kappa shape index (κ2) is 5.66. The summed E-state index contributed by atoms with van der Waals surface area (Å²) in [5.74, 6) is -3.75. The molecule has 1 N–H and O–H groups in total. The van der Waals surface area contributed by atoms with Crippen LogP contribution in [0, 0.1) is 5.41 Å². The third-order valence-corrected chi connectivity index (χ3v) is 4.80. The Hall–Kier alpha value is -0.400. The molecular formula is C14H25ClO6. The fourth-order valence-electron chi connectivity index (χ4n) is 2.14. The zero-order valence-corrected chi connectivity index (χ0v) is 14.4. The van der Waals surface area contributed by atoms with Gasteiger partial charge in [0.2, 0.25) is 5.79 Å². The average molecular weight is 325 g/mol. The molecule has 21 heavy (non-hydrogen) atoms. The molecule has 0 saturated carbocycles. The lowest BCUT2D eigenvalue weighted by Gasteiger charge is -2.52. The number of methoxy groups -OCH3 is 2. The van der Waals surface area contributed by atoms with E-state index >= 15 is 0 Å². The molecular weight excluding hydrogens is 300 g/mol. The van der Waals surface area contributed by atoms with Crippen LogP contribution in [-0.2, 0) is 23.7 Å². The monoisotopic (exact) mass is 324 g/mol. The van der Waals surface area contributed by atoms with E-state index in [1.165, 1.54) is 21.1 Å². The van der Waals surface area contributed by atoms with Gasteiger partial charge in [0.15, 0.2) is 6.10 Å². The number of esters is 1. The number of carbonyl (C=O) groups is 1. The van der Waals surface area contributed by atoms with Gasteiger partial charge in [-0.15, -0.1) is 11.6 Å². The van der Waals surface area contributed by atoms with E-state index in [0.717, 1.165) is 0 Å². The van der Waals surface area contributed by atoms with E-state index in [1.807, 2.05) is 0 Å². The highest BCUT2D eigenvalue weighted by atomic mass is 35.5. The summed E-state index contributed by atoms with van der Waals surface area (Å²) < 4.78 is 21.7. The summed E-state index contributed by atoms with van der Waals surface area (Å²) in [6.45, 7) is 8.40. The SMILES string of the molecule is CO[C@@]1(C)OC(=O)[C@@H]([C@@](O)(CCl)C(C)(C)C)O[C@]1(C)OC. The van der Waals surface area contributed by atoms with Crippen LogP contribution in [0.4, 0.5) is 0 Å². The average Bonchev–Trinajstić information content (AvgIpc) is 2.40. The van der Waals surface area contributed by atoms with E-state index in [4.69, 9.17) is 30.5 Å². The summed E-state index contributed by atoms with van der Waals surface area (Å²) in [6.07, 6.45) is -1.29. The van der Waals surface area contributed by atoms with Gasteiger partial charge >= 0.3 is 5.97 Å². The zero-order valence-electron chi connectivity index (χ0n) is 13.7. The predicted octanol–water partition coefficient (Wildman–Crippen LogP) is 1.67. The van der Waals surface area contributed by atoms with Crippen LogP contribution >= 0.6 is 11.6 Å². The molecule has 124 valence electrons. The third kappa shape index (κ3) is 2.80. The molecule has 1 aliphatic rings. The van der Waals surface area contributed by atoms with Crippen LogP contribution in [-0.4, -0.2) is 54.5 Å². The Morgan fingerprint density at radius 2 is 1.71 bits per heavy atom. The van der Waals surface area contributed by atoms with Crippen molar-refractivity contribution < 1.29 is 28.8 Å². The second-order valence-corrected chi connectivity index (χ2v) is 6.79. The number of hydrogen-bond acceptors (Lipinski definition) is 6. The Kier molecular flexibility index (Phi) is 5.03. The van der Waals surface area contributed by atoms with Crippen molar-refractivity contribution in [3.63, 3.8) is 0 Å². The predicted molar refractivity (Wildman–Crippen MR) is 76.9 cm³/mol. The van der Waals surface area contributed by atoms with Crippen molar-refractivity contribution in [3.8, 4) is 0 Å². The summed E-state index contributed by atoms with van der Waals surface area (Å²) in [5.41, 5.74) is -2.34. The minimum Gasteiger partial charge on any atom is -0.425 e. The molecule has 0 spiro atoms. The number of carbonyl (C=O) groups excluding carboxylic acids is 1. The molecule has 1 aliphatic heterocycles. The van der Waals surface area contributed by atoms with Crippen molar-refractivity contribution in [1.82, 2.24) is 0 Å². The molecule has 0 amide bonds. The first kappa shape index (κ1) is 18.6. The van der Waals surface area contributed by atoms with Crippen LogP contribution < -0.4 is 0 Å². The number of ether oxygens (including phenoxy) is 4. The summed E-state index contributed by atoms with van der Waals surface area (Å²) in [5, 5.41) is 10.9. The van der Waals surface area contributed by atoms with Crippen molar-refractivity contribution in [1.29, 1.82) is 0 Å². The van der Waals surface area contributed by atoms with Crippen molar-refractivity contribution in [2.75, 3.05) is 20.1 Å². The van der Waals surface area contributed by atoms with Crippen molar-refractivity contribution in [2.24, 2.45) is 5.41 Å². The highest BCUT2D eigenvalue weighted by molar-refractivity contribution is 6.18. The molecule has 0 aliphatic carbocycles. The van der Waals surface area contributed by atoms with E-state index in [1.54, 1.807) is 27.7 Å². The quantitative estimate of drug-likeness (QED) is 0.626. The highest BCUT2D eigenvalue weighted by Crippen LogP contribution is 2.44. The van der Waals surface area contributed by atoms with E-state index in [0.29, 0.717) is 0 Å². The van der Waals surface area contributed by atoms with Gasteiger partial charge in [-0.25, -0.2) is 4.79 Å². The summed E-state index contributed by atoms with van der Waals surface area (Å²) >= 11 is 5.92. The molecule has 1 heterocycles. The maximum absolute atomic E-state index is 12.3. The number of alkyl halides is 1. The van der Waals surface area contributed by atoms with E-state index in [-0.39, 0.29) is 5.88 Å². The maximum atomic E-state index is 12.3. The molecule has 7 heteroatoms. The Morgan fingerprint density at radius 1 is 1.24 bits per heavy atom. The van der Waals surface area contributed by atoms with E-state index in [9.17, 15) is 9.90 Å². The minimum absolute atomic E-state index is 0.195. The van der Waals surface area contributed by atoms with Crippen LogP contribution in [0.2, 0.25) is 0 Å². The van der Waals surface area contributed by atoms with Crippen LogP contribution in [0.5, 0.6) is 0 Å².